The molecule has 1 N–H and O–H groups in total. The predicted octanol–water partition coefficient (Wildman–Crippen LogP) is 2.95. The quantitative estimate of drug-likeness (QED) is 0.921. The Kier molecular flexibility index (Phi) is 4.29. The number of benzene rings is 2. The lowest BCUT2D eigenvalue weighted by atomic mass is 10.2. The summed E-state index contributed by atoms with van der Waals surface area (Å²) in [6.07, 6.45) is 1.12. The lowest BCUT2D eigenvalue weighted by molar-refractivity contribution is 0.308. The number of ether oxygens (including phenoxy) is 1. The average molecular weight is 291 g/mol. The summed E-state index contributed by atoms with van der Waals surface area (Å²) in [7, 11) is -3.33. The molecule has 0 aliphatic rings. The average Bonchev–Trinajstić information content (AvgIpc) is 2.37. The van der Waals surface area contributed by atoms with Gasteiger partial charge >= 0.3 is 0 Å². The van der Waals surface area contributed by atoms with E-state index in [-0.39, 0.29) is 0 Å². The van der Waals surface area contributed by atoms with Gasteiger partial charge in [-0.1, -0.05) is 36.4 Å². The summed E-state index contributed by atoms with van der Waals surface area (Å²) in [5.41, 5.74) is 2.45. The molecule has 0 aliphatic carbocycles. The highest BCUT2D eigenvalue weighted by atomic mass is 32.2. The van der Waals surface area contributed by atoms with Crippen molar-refractivity contribution in [1.82, 2.24) is 0 Å². The van der Waals surface area contributed by atoms with Crippen LogP contribution in [0.1, 0.15) is 11.1 Å². The molecular formula is C15H17NO3S. The summed E-state index contributed by atoms with van der Waals surface area (Å²) in [5, 5.41) is 0. The van der Waals surface area contributed by atoms with Crippen LogP contribution in [-0.4, -0.2) is 14.7 Å². The van der Waals surface area contributed by atoms with Crippen LogP contribution in [0.25, 0.3) is 0 Å². The molecule has 0 heterocycles. The van der Waals surface area contributed by atoms with Crippen LogP contribution in [0.15, 0.2) is 48.5 Å². The van der Waals surface area contributed by atoms with E-state index < -0.39 is 10.0 Å². The van der Waals surface area contributed by atoms with Crippen molar-refractivity contribution in [2.45, 2.75) is 13.5 Å². The van der Waals surface area contributed by atoms with Crippen molar-refractivity contribution in [2.24, 2.45) is 0 Å². The summed E-state index contributed by atoms with van der Waals surface area (Å²) >= 11 is 0. The summed E-state index contributed by atoms with van der Waals surface area (Å²) in [6, 6.07) is 15.1. The molecule has 0 unspecified atom stereocenters. The molecular weight excluding hydrogens is 274 g/mol. The Morgan fingerprint density at radius 1 is 1.10 bits per heavy atom. The molecule has 2 aromatic carbocycles. The third-order valence-electron chi connectivity index (χ3n) is 2.67. The number of aryl methyl sites for hydroxylation is 1. The fraction of sp³-hybridized carbons (Fsp3) is 0.200. The molecule has 0 fully saturated rings. The third-order valence-corrected chi connectivity index (χ3v) is 3.26. The van der Waals surface area contributed by atoms with E-state index in [0.717, 1.165) is 17.4 Å². The van der Waals surface area contributed by atoms with E-state index >= 15 is 0 Å². The predicted molar refractivity (Wildman–Crippen MR) is 80.4 cm³/mol. The minimum absolute atomic E-state index is 0.391. The molecule has 0 amide bonds. The normalized spacial score (nSPS) is 11.1. The van der Waals surface area contributed by atoms with Crippen molar-refractivity contribution in [3.8, 4) is 5.75 Å². The Labute approximate surface area is 119 Å². The fourth-order valence-electron chi connectivity index (χ4n) is 1.78. The number of hydrogen-bond donors (Lipinski definition) is 1. The number of nitrogens with one attached hydrogen (secondary N) is 1. The van der Waals surface area contributed by atoms with E-state index in [0.29, 0.717) is 18.0 Å². The summed E-state index contributed by atoms with van der Waals surface area (Å²) in [5.74, 6) is 0.518. The van der Waals surface area contributed by atoms with Gasteiger partial charge in [-0.2, -0.15) is 0 Å². The van der Waals surface area contributed by atoms with Gasteiger partial charge in [-0.3, -0.25) is 4.72 Å². The summed E-state index contributed by atoms with van der Waals surface area (Å²) in [4.78, 5) is 0. The van der Waals surface area contributed by atoms with Crippen molar-refractivity contribution >= 4 is 15.7 Å². The second-order valence-electron chi connectivity index (χ2n) is 4.65. The topological polar surface area (TPSA) is 55.4 Å². The smallest absolute Gasteiger partial charge is 0.229 e. The van der Waals surface area contributed by atoms with E-state index in [1.54, 1.807) is 12.1 Å². The Balaban J connectivity index is 2.18. The van der Waals surface area contributed by atoms with E-state index in [2.05, 4.69) is 4.72 Å². The SMILES string of the molecule is Cc1ccc(OCc2ccccc2)c(NS(C)(=O)=O)c1. The zero-order valence-corrected chi connectivity index (χ0v) is 12.3. The maximum atomic E-state index is 11.4. The van der Waals surface area contributed by atoms with Gasteiger partial charge in [-0.05, 0) is 30.2 Å². The van der Waals surface area contributed by atoms with E-state index in [1.807, 2.05) is 43.3 Å². The molecule has 5 heteroatoms. The Hall–Kier alpha value is -2.01. The Morgan fingerprint density at radius 2 is 1.80 bits per heavy atom. The van der Waals surface area contributed by atoms with Gasteiger partial charge in [-0.25, -0.2) is 8.42 Å². The second-order valence-corrected chi connectivity index (χ2v) is 6.40. The largest absolute Gasteiger partial charge is 0.487 e. The van der Waals surface area contributed by atoms with Crippen molar-refractivity contribution < 1.29 is 13.2 Å². The molecule has 0 saturated carbocycles. The molecule has 2 rings (SSSR count). The molecule has 0 aliphatic heterocycles. The first kappa shape index (κ1) is 14.4. The number of hydrogen-bond acceptors (Lipinski definition) is 3. The molecule has 0 atom stereocenters. The first-order valence-corrected chi connectivity index (χ1v) is 8.08. The molecule has 0 saturated heterocycles. The van der Waals surface area contributed by atoms with Crippen LogP contribution >= 0.6 is 0 Å². The highest BCUT2D eigenvalue weighted by Gasteiger charge is 2.09. The lowest BCUT2D eigenvalue weighted by Gasteiger charge is -2.13. The van der Waals surface area contributed by atoms with Gasteiger partial charge in [0.25, 0.3) is 0 Å². The maximum absolute atomic E-state index is 11.4. The van der Waals surface area contributed by atoms with Crippen LogP contribution in [-0.2, 0) is 16.6 Å². The van der Waals surface area contributed by atoms with Crippen LogP contribution in [0.5, 0.6) is 5.75 Å². The first-order chi connectivity index (χ1) is 9.44. The van der Waals surface area contributed by atoms with Crippen molar-refractivity contribution in [3.05, 3.63) is 59.7 Å². The molecule has 4 nitrogen and oxygen atoms in total. The Morgan fingerprint density at radius 3 is 2.45 bits per heavy atom. The van der Waals surface area contributed by atoms with Gasteiger partial charge < -0.3 is 4.74 Å². The third kappa shape index (κ3) is 4.28. The van der Waals surface area contributed by atoms with Crippen LogP contribution in [0.2, 0.25) is 0 Å². The first-order valence-electron chi connectivity index (χ1n) is 6.19. The highest BCUT2D eigenvalue weighted by molar-refractivity contribution is 7.92. The van der Waals surface area contributed by atoms with Crippen molar-refractivity contribution in [1.29, 1.82) is 0 Å². The van der Waals surface area contributed by atoms with Gasteiger partial charge in [-0.15, -0.1) is 0 Å². The molecule has 0 aromatic heterocycles. The maximum Gasteiger partial charge on any atom is 0.229 e. The van der Waals surface area contributed by atoms with Gasteiger partial charge in [0.05, 0.1) is 11.9 Å². The van der Waals surface area contributed by atoms with Crippen molar-refractivity contribution in [2.75, 3.05) is 11.0 Å². The number of sulfonamides is 1. The fourth-order valence-corrected chi connectivity index (χ4v) is 2.34. The number of rotatable bonds is 5. The molecule has 2 aromatic rings. The zero-order chi connectivity index (χ0) is 14.6. The number of anilines is 1. The zero-order valence-electron chi connectivity index (χ0n) is 11.5. The van der Waals surface area contributed by atoms with E-state index in [4.69, 9.17) is 4.74 Å². The van der Waals surface area contributed by atoms with Gasteiger partial charge in [0.1, 0.15) is 12.4 Å². The van der Waals surface area contributed by atoms with Gasteiger partial charge in [0, 0.05) is 0 Å². The molecule has 0 spiro atoms. The molecule has 0 bridgehead atoms. The molecule has 106 valence electrons. The van der Waals surface area contributed by atoms with E-state index in [9.17, 15) is 8.42 Å². The highest BCUT2D eigenvalue weighted by Crippen LogP contribution is 2.27. The minimum Gasteiger partial charge on any atom is -0.487 e. The van der Waals surface area contributed by atoms with Crippen LogP contribution in [0.4, 0.5) is 5.69 Å². The summed E-state index contributed by atoms with van der Waals surface area (Å²) in [6.45, 7) is 2.29. The lowest BCUT2D eigenvalue weighted by Crippen LogP contribution is -2.11. The Bertz CT molecular complexity index is 682. The molecule has 20 heavy (non-hydrogen) atoms. The standard InChI is InChI=1S/C15H17NO3S/c1-12-8-9-15(14(10-12)16-20(2,17)18)19-11-13-6-4-3-5-7-13/h3-10,16H,11H2,1-2H3. The van der Waals surface area contributed by atoms with Gasteiger partial charge in [0.15, 0.2) is 0 Å². The van der Waals surface area contributed by atoms with Crippen LogP contribution in [0, 0.1) is 6.92 Å². The van der Waals surface area contributed by atoms with Crippen LogP contribution < -0.4 is 9.46 Å². The van der Waals surface area contributed by atoms with Gasteiger partial charge in [0.2, 0.25) is 10.0 Å². The second kappa shape index (κ2) is 5.96. The van der Waals surface area contributed by atoms with E-state index in [1.165, 1.54) is 0 Å². The van der Waals surface area contributed by atoms with Crippen molar-refractivity contribution in [3.63, 3.8) is 0 Å². The minimum atomic E-state index is -3.33. The molecule has 0 radical (unpaired) electrons. The monoisotopic (exact) mass is 291 g/mol. The summed E-state index contributed by atoms with van der Waals surface area (Å²) < 4.78 is 30.9. The van der Waals surface area contributed by atoms with Crippen LogP contribution in [0.3, 0.4) is 0 Å².